The molecule has 0 spiro atoms. The lowest BCUT2D eigenvalue weighted by atomic mass is 10.1. The van der Waals surface area contributed by atoms with Crippen LogP contribution in [0.15, 0.2) is 48.8 Å². The number of imidazole rings is 1. The van der Waals surface area contributed by atoms with Crippen LogP contribution in [-0.2, 0) is 6.42 Å². The first-order chi connectivity index (χ1) is 10.7. The summed E-state index contributed by atoms with van der Waals surface area (Å²) in [5.74, 6) is -0.197. The van der Waals surface area contributed by atoms with Crippen LogP contribution in [-0.4, -0.2) is 27.1 Å². The molecule has 3 N–H and O–H groups in total. The van der Waals surface area contributed by atoms with Gasteiger partial charge in [0.1, 0.15) is 0 Å². The van der Waals surface area contributed by atoms with Crippen molar-refractivity contribution < 1.29 is 9.90 Å². The number of nitrogens with zero attached hydrogens (tertiary/aromatic N) is 1. The minimum absolute atomic E-state index is 0.197. The van der Waals surface area contributed by atoms with E-state index in [4.69, 9.17) is 0 Å². The summed E-state index contributed by atoms with van der Waals surface area (Å²) in [5, 5.41) is 13.1. The Bertz CT molecular complexity index is 856. The van der Waals surface area contributed by atoms with Crippen LogP contribution in [0.3, 0.4) is 0 Å². The van der Waals surface area contributed by atoms with E-state index in [9.17, 15) is 9.90 Å². The van der Waals surface area contributed by atoms with Crippen molar-refractivity contribution >= 4 is 16.9 Å². The number of amides is 1. The molecule has 1 amide bonds. The molecule has 4 rings (SSSR count). The van der Waals surface area contributed by atoms with Crippen molar-refractivity contribution in [2.45, 2.75) is 18.6 Å². The molecule has 110 valence electrons. The Balaban J connectivity index is 1.61. The van der Waals surface area contributed by atoms with Crippen molar-refractivity contribution in [3.63, 3.8) is 0 Å². The van der Waals surface area contributed by atoms with Gasteiger partial charge in [0.2, 0.25) is 0 Å². The van der Waals surface area contributed by atoms with E-state index in [1.807, 2.05) is 24.3 Å². The fraction of sp³-hybridized carbons (Fsp3) is 0.176. The van der Waals surface area contributed by atoms with Crippen molar-refractivity contribution in [2.24, 2.45) is 0 Å². The number of nitrogens with one attached hydrogen (secondary N) is 2. The number of aliphatic hydroxyl groups is 1. The number of carbonyl (C=O) groups is 1. The van der Waals surface area contributed by atoms with Gasteiger partial charge in [-0.05, 0) is 29.3 Å². The zero-order chi connectivity index (χ0) is 15.1. The van der Waals surface area contributed by atoms with Gasteiger partial charge < -0.3 is 15.4 Å². The predicted molar refractivity (Wildman–Crippen MR) is 82.5 cm³/mol. The maximum absolute atomic E-state index is 12.5. The molecule has 0 saturated heterocycles. The van der Waals surface area contributed by atoms with Crippen LogP contribution in [0.2, 0.25) is 0 Å². The zero-order valence-electron chi connectivity index (χ0n) is 11.8. The normalized spacial score (nSPS) is 20.0. The summed E-state index contributed by atoms with van der Waals surface area (Å²) in [7, 11) is 0. The van der Waals surface area contributed by atoms with Crippen LogP contribution in [0.25, 0.3) is 11.0 Å². The molecule has 3 aromatic rings. The van der Waals surface area contributed by atoms with E-state index < -0.39 is 6.10 Å². The Labute approximate surface area is 127 Å². The molecule has 1 aliphatic rings. The molecular formula is C17H15N3O2. The lowest BCUT2D eigenvalue weighted by Crippen LogP contribution is -2.33. The molecule has 0 bridgehead atoms. The average molecular weight is 293 g/mol. The Hall–Kier alpha value is -2.66. The molecule has 0 aliphatic heterocycles. The van der Waals surface area contributed by atoms with E-state index in [0.717, 1.165) is 22.2 Å². The third kappa shape index (κ3) is 2.07. The van der Waals surface area contributed by atoms with Gasteiger partial charge in [-0.25, -0.2) is 4.98 Å². The molecule has 2 unspecified atom stereocenters. The average Bonchev–Trinajstić information content (AvgIpc) is 3.11. The Kier molecular flexibility index (Phi) is 2.94. The molecule has 5 nitrogen and oxygen atoms in total. The molecule has 1 aromatic heterocycles. The topological polar surface area (TPSA) is 78.0 Å². The van der Waals surface area contributed by atoms with Gasteiger partial charge in [0, 0.05) is 12.0 Å². The van der Waals surface area contributed by atoms with Gasteiger partial charge in [-0.2, -0.15) is 0 Å². The fourth-order valence-electron chi connectivity index (χ4n) is 3.05. The second-order valence-electron chi connectivity index (χ2n) is 5.56. The molecular weight excluding hydrogens is 278 g/mol. The van der Waals surface area contributed by atoms with Crippen LogP contribution in [0, 0.1) is 0 Å². The van der Waals surface area contributed by atoms with Crippen molar-refractivity contribution in [1.82, 2.24) is 15.3 Å². The van der Waals surface area contributed by atoms with Gasteiger partial charge >= 0.3 is 0 Å². The number of carbonyl (C=O) groups excluding carboxylic acids is 1. The van der Waals surface area contributed by atoms with E-state index in [2.05, 4.69) is 15.3 Å². The number of hydrogen-bond acceptors (Lipinski definition) is 3. The van der Waals surface area contributed by atoms with E-state index in [0.29, 0.717) is 12.0 Å². The number of rotatable bonds is 2. The van der Waals surface area contributed by atoms with Gasteiger partial charge in [0.25, 0.3) is 5.91 Å². The summed E-state index contributed by atoms with van der Waals surface area (Å²) in [5.41, 5.74) is 4.27. The van der Waals surface area contributed by atoms with Crippen LogP contribution in [0.1, 0.15) is 27.5 Å². The predicted octanol–water partition coefficient (Wildman–Crippen LogP) is 1.95. The van der Waals surface area contributed by atoms with Gasteiger partial charge in [-0.1, -0.05) is 24.3 Å². The summed E-state index contributed by atoms with van der Waals surface area (Å²) in [6, 6.07) is 12.8. The van der Waals surface area contributed by atoms with Gasteiger partial charge in [-0.3, -0.25) is 4.79 Å². The molecule has 0 fully saturated rings. The second-order valence-corrected chi connectivity index (χ2v) is 5.56. The number of aromatic nitrogens is 2. The highest BCUT2D eigenvalue weighted by atomic mass is 16.3. The third-order valence-corrected chi connectivity index (χ3v) is 4.17. The summed E-state index contributed by atoms with van der Waals surface area (Å²) in [6.07, 6.45) is 1.58. The zero-order valence-corrected chi connectivity index (χ0v) is 11.8. The molecule has 2 atom stereocenters. The SMILES string of the molecule is O=C(NC1c2ccccc2CC1O)c1ccc2nc[nH]c2c1. The first kappa shape index (κ1) is 13.0. The Morgan fingerprint density at radius 2 is 2.14 bits per heavy atom. The first-order valence-electron chi connectivity index (χ1n) is 7.22. The van der Waals surface area contributed by atoms with Crippen LogP contribution in [0.4, 0.5) is 0 Å². The van der Waals surface area contributed by atoms with E-state index in [1.54, 1.807) is 24.5 Å². The number of H-pyrrole nitrogens is 1. The van der Waals surface area contributed by atoms with E-state index >= 15 is 0 Å². The smallest absolute Gasteiger partial charge is 0.251 e. The highest BCUT2D eigenvalue weighted by Gasteiger charge is 2.32. The molecule has 5 heteroatoms. The quantitative estimate of drug-likeness (QED) is 0.676. The molecule has 2 aromatic carbocycles. The minimum Gasteiger partial charge on any atom is -0.390 e. The van der Waals surface area contributed by atoms with E-state index in [-0.39, 0.29) is 11.9 Å². The number of benzene rings is 2. The highest BCUT2D eigenvalue weighted by molar-refractivity contribution is 5.97. The molecule has 1 aliphatic carbocycles. The molecule has 0 saturated carbocycles. The molecule has 0 radical (unpaired) electrons. The fourth-order valence-corrected chi connectivity index (χ4v) is 3.05. The van der Waals surface area contributed by atoms with Crippen molar-refractivity contribution in [2.75, 3.05) is 0 Å². The van der Waals surface area contributed by atoms with Crippen LogP contribution >= 0.6 is 0 Å². The minimum atomic E-state index is -0.586. The highest BCUT2D eigenvalue weighted by Crippen LogP contribution is 2.31. The van der Waals surface area contributed by atoms with E-state index in [1.165, 1.54) is 0 Å². The largest absolute Gasteiger partial charge is 0.390 e. The van der Waals surface area contributed by atoms with Crippen molar-refractivity contribution in [3.05, 3.63) is 65.5 Å². The number of aromatic amines is 1. The summed E-state index contributed by atoms with van der Waals surface area (Å²) >= 11 is 0. The first-order valence-corrected chi connectivity index (χ1v) is 7.22. The van der Waals surface area contributed by atoms with Crippen molar-refractivity contribution in [1.29, 1.82) is 0 Å². The third-order valence-electron chi connectivity index (χ3n) is 4.17. The summed E-state index contributed by atoms with van der Waals surface area (Å²) < 4.78 is 0. The number of fused-ring (bicyclic) bond motifs is 2. The van der Waals surface area contributed by atoms with Crippen molar-refractivity contribution in [3.8, 4) is 0 Å². The lowest BCUT2D eigenvalue weighted by molar-refractivity contribution is 0.0858. The standard InChI is InChI=1S/C17H15N3O2/c21-15-8-10-3-1-2-4-12(10)16(15)20-17(22)11-5-6-13-14(7-11)19-9-18-13/h1-7,9,15-16,21H,8H2,(H,18,19)(H,20,22). The van der Waals surface area contributed by atoms with Crippen LogP contribution < -0.4 is 5.32 Å². The van der Waals surface area contributed by atoms with Gasteiger partial charge in [-0.15, -0.1) is 0 Å². The van der Waals surface area contributed by atoms with Crippen LogP contribution in [0.5, 0.6) is 0 Å². The Morgan fingerprint density at radius 1 is 1.27 bits per heavy atom. The number of hydrogen-bond donors (Lipinski definition) is 3. The Morgan fingerprint density at radius 3 is 3.05 bits per heavy atom. The summed E-state index contributed by atoms with van der Waals surface area (Å²) in [4.78, 5) is 19.6. The monoisotopic (exact) mass is 293 g/mol. The van der Waals surface area contributed by atoms with Gasteiger partial charge in [0.05, 0.1) is 29.5 Å². The molecule has 22 heavy (non-hydrogen) atoms. The lowest BCUT2D eigenvalue weighted by Gasteiger charge is -2.18. The number of aliphatic hydroxyl groups excluding tert-OH is 1. The van der Waals surface area contributed by atoms with Gasteiger partial charge in [0.15, 0.2) is 0 Å². The maximum atomic E-state index is 12.5. The summed E-state index contributed by atoms with van der Waals surface area (Å²) in [6.45, 7) is 0. The second kappa shape index (κ2) is 4.96. The molecule has 1 heterocycles. The maximum Gasteiger partial charge on any atom is 0.251 e.